The van der Waals surface area contributed by atoms with Crippen LogP contribution in [0.4, 0.5) is 4.79 Å². The second-order valence-electron chi connectivity index (χ2n) is 7.30. The second-order valence-corrected chi connectivity index (χ2v) is 7.71. The summed E-state index contributed by atoms with van der Waals surface area (Å²) in [5.41, 5.74) is 2.08. The van der Waals surface area contributed by atoms with Gasteiger partial charge in [0, 0.05) is 27.2 Å². The van der Waals surface area contributed by atoms with E-state index in [2.05, 4.69) is 0 Å². The van der Waals surface area contributed by atoms with Crippen molar-refractivity contribution in [1.29, 1.82) is 0 Å². The molecular formula is C19H25ClN2O3. The summed E-state index contributed by atoms with van der Waals surface area (Å²) in [6, 6.07) is 5.46. The lowest BCUT2D eigenvalue weighted by Gasteiger charge is -2.29. The Kier molecular flexibility index (Phi) is 5.78. The molecule has 2 rings (SSSR count). The summed E-state index contributed by atoms with van der Waals surface area (Å²) >= 11 is 6.28. The van der Waals surface area contributed by atoms with Crippen molar-refractivity contribution in [3.63, 3.8) is 0 Å². The van der Waals surface area contributed by atoms with Gasteiger partial charge < -0.3 is 14.5 Å². The molecule has 1 aliphatic rings. The summed E-state index contributed by atoms with van der Waals surface area (Å²) in [6.45, 7) is 6.66. The minimum atomic E-state index is -0.497. The molecule has 25 heavy (non-hydrogen) atoms. The van der Waals surface area contributed by atoms with Gasteiger partial charge in [-0.1, -0.05) is 23.7 Å². The van der Waals surface area contributed by atoms with Gasteiger partial charge in [0.05, 0.1) is 10.6 Å². The van der Waals surface area contributed by atoms with E-state index in [0.29, 0.717) is 23.7 Å². The summed E-state index contributed by atoms with van der Waals surface area (Å²) in [5.74, 6) is -0.120. The molecule has 2 amide bonds. The van der Waals surface area contributed by atoms with Gasteiger partial charge in [0.2, 0.25) is 0 Å². The fourth-order valence-corrected chi connectivity index (χ4v) is 2.81. The maximum absolute atomic E-state index is 12.1. The molecule has 136 valence electrons. The Balaban J connectivity index is 2.10. The van der Waals surface area contributed by atoms with Gasteiger partial charge in [-0.15, -0.1) is 0 Å². The van der Waals surface area contributed by atoms with Gasteiger partial charge in [-0.25, -0.2) is 4.79 Å². The van der Waals surface area contributed by atoms with E-state index >= 15 is 0 Å². The second kappa shape index (κ2) is 7.48. The van der Waals surface area contributed by atoms with E-state index in [9.17, 15) is 9.59 Å². The fraction of sp³-hybridized carbons (Fsp3) is 0.474. The average Bonchev–Trinajstić information content (AvgIpc) is 2.52. The molecule has 0 aromatic heterocycles. The SMILES string of the molecule is CN(C)C(=O)c1ccc(C2=CCN(C(=O)OC(C)(C)C)CC2)cc1Cl. The molecule has 0 N–H and O–H groups in total. The third-order valence-corrected chi connectivity index (χ3v) is 4.15. The van der Waals surface area contributed by atoms with Crippen molar-refractivity contribution in [2.75, 3.05) is 27.2 Å². The average molecular weight is 365 g/mol. The smallest absolute Gasteiger partial charge is 0.410 e. The van der Waals surface area contributed by atoms with Crippen molar-refractivity contribution in [3.8, 4) is 0 Å². The maximum Gasteiger partial charge on any atom is 0.410 e. The number of carbonyl (C=O) groups excluding carboxylic acids is 2. The molecule has 0 saturated heterocycles. The number of hydrogen-bond acceptors (Lipinski definition) is 3. The summed E-state index contributed by atoms with van der Waals surface area (Å²) < 4.78 is 5.40. The first-order chi connectivity index (χ1) is 11.6. The molecule has 0 unspecified atom stereocenters. The Morgan fingerprint density at radius 1 is 1.24 bits per heavy atom. The zero-order valence-corrected chi connectivity index (χ0v) is 16.2. The molecule has 1 aromatic rings. The quantitative estimate of drug-likeness (QED) is 0.794. The first-order valence-corrected chi connectivity index (χ1v) is 8.65. The van der Waals surface area contributed by atoms with Crippen LogP contribution in [0.15, 0.2) is 24.3 Å². The molecule has 6 heteroatoms. The summed E-state index contributed by atoms with van der Waals surface area (Å²) in [6.07, 6.45) is 2.43. The van der Waals surface area contributed by atoms with Crippen LogP contribution in [0.25, 0.3) is 5.57 Å². The fourth-order valence-electron chi connectivity index (χ4n) is 2.55. The first kappa shape index (κ1) is 19.3. The molecule has 0 fully saturated rings. The van der Waals surface area contributed by atoms with E-state index in [1.165, 1.54) is 4.90 Å². The van der Waals surface area contributed by atoms with Gasteiger partial charge in [-0.2, -0.15) is 0 Å². The third kappa shape index (κ3) is 4.98. The molecule has 5 nitrogen and oxygen atoms in total. The summed E-state index contributed by atoms with van der Waals surface area (Å²) in [5, 5.41) is 0.437. The molecule has 1 heterocycles. The van der Waals surface area contributed by atoms with Crippen molar-refractivity contribution in [2.45, 2.75) is 32.8 Å². The van der Waals surface area contributed by atoms with Crippen molar-refractivity contribution in [2.24, 2.45) is 0 Å². The highest BCUT2D eigenvalue weighted by Crippen LogP contribution is 2.27. The Morgan fingerprint density at radius 2 is 1.92 bits per heavy atom. The number of ether oxygens (including phenoxy) is 1. The van der Waals surface area contributed by atoms with E-state index in [1.807, 2.05) is 39.0 Å². The number of nitrogens with zero attached hydrogens (tertiary/aromatic N) is 2. The molecule has 1 aliphatic heterocycles. The van der Waals surface area contributed by atoms with E-state index < -0.39 is 5.60 Å². The first-order valence-electron chi connectivity index (χ1n) is 8.27. The van der Waals surface area contributed by atoms with Crippen LogP contribution in [-0.4, -0.2) is 54.6 Å². The minimum Gasteiger partial charge on any atom is -0.444 e. The lowest BCUT2D eigenvalue weighted by molar-refractivity contribution is 0.0270. The highest BCUT2D eigenvalue weighted by atomic mass is 35.5. The largest absolute Gasteiger partial charge is 0.444 e. The van der Waals surface area contributed by atoms with Crippen LogP contribution in [0, 0.1) is 0 Å². The normalized spacial score (nSPS) is 14.8. The number of halogens is 1. The van der Waals surface area contributed by atoms with Gasteiger partial charge in [-0.05, 0) is 50.5 Å². The van der Waals surface area contributed by atoms with Crippen molar-refractivity contribution in [3.05, 3.63) is 40.4 Å². The van der Waals surface area contributed by atoms with Crippen LogP contribution in [-0.2, 0) is 4.74 Å². The Bertz CT molecular complexity index is 705. The number of amides is 2. The third-order valence-electron chi connectivity index (χ3n) is 3.84. The molecule has 0 aliphatic carbocycles. The number of hydrogen-bond donors (Lipinski definition) is 0. The van der Waals surface area contributed by atoms with E-state index in [4.69, 9.17) is 16.3 Å². The Labute approximate surface area is 154 Å². The zero-order valence-electron chi connectivity index (χ0n) is 15.4. The molecule has 0 atom stereocenters. The topological polar surface area (TPSA) is 49.9 Å². The van der Waals surface area contributed by atoms with Gasteiger partial charge in [0.15, 0.2) is 0 Å². The van der Waals surface area contributed by atoms with Crippen molar-refractivity contribution >= 4 is 29.2 Å². The lowest BCUT2D eigenvalue weighted by Crippen LogP contribution is -2.39. The zero-order chi connectivity index (χ0) is 18.8. The van der Waals surface area contributed by atoms with Gasteiger partial charge in [-0.3, -0.25) is 4.79 Å². The van der Waals surface area contributed by atoms with Crippen LogP contribution < -0.4 is 0 Å². The Morgan fingerprint density at radius 3 is 2.40 bits per heavy atom. The lowest BCUT2D eigenvalue weighted by atomic mass is 9.98. The van der Waals surface area contributed by atoms with Crippen molar-refractivity contribution in [1.82, 2.24) is 9.80 Å². The minimum absolute atomic E-state index is 0.120. The molecular weight excluding hydrogens is 340 g/mol. The van der Waals surface area contributed by atoms with Crippen LogP contribution >= 0.6 is 11.6 Å². The van der Waals surface area contributed by atoms with E-state index in [1.54, 1.807) is 25.1 Å². The van der Waals surface area contributed by atoms with E-state index in [0.717, 1.165) is 17.6 Å². The van der Waals surface area contributed by atoms with E-state index in [-0.39, 0.29) is 12.0 Å². The molecule has 0 bridgehead atoms. The summed E-state index contributed by atoms with van der Waals surface area (Å²) in [7, 11) is 3.39. The molecule has 1 aromatic carbocycles. The highest BCUT2D eigenvalue weighted by molar-refractivity contribution is 6.34. The van der Waals surface area contributed by atoms with Gasteiger partial charge in [0.1, 0.15) is 5.60 Å². The van der Waals surface area contributed by atoms with Crippen LogP contribution in [0.3, 0.4) is 0 Å². The maximum atomic E-state index is 12.1. The molecule has 0 spiro atoms. The highest BCUT2D eigenvalue weighted by Gasteiger charge is 2.24. The molecule has 0 radical (unpaired) electrons. The Hall–Kier alpha value is -2.01. The molecule has 0 saturated carbocycles. The number of carbonyl (C=O) groups is 2. The predicted octanol–water partition coefficient (Wildman–Crippen LogP) is 4.07. The van der Waals surface area contributed by atoms with Gasteiger partial charge >= 0.3 is 6.09 Å². The van der Waals surface area contributed by atoms with Crippen LogP contribution in [0.2, 0.25) is 5.02 Å². The standard InChI is InChI=1S/C19H25ClN2O3/c1-19(2,3)25-18(24)22-10-8-13(9-11-22)14-6-7-15(16(20)12-14)17(23)21(4)5/h6-8,12H,9-11H2,1-5H3. The van der Waals surface area contributed by atoms with Crippen LogP contribution in [0.1, 0.15) is 43.1 Å². The van der Waals surface area contributed by atoms with Crippen LogP contribution in [0.5, 0.6) is 0 Å². The predicted molar refractivity (Wildman–Crippen MR) is 99.9 cm³/mol. The number of rotatable bonds is 2. The monoisotopic (exact) mass is 364 g/mol. The van der Waals surface area contributed by atoms with Crippen molar-refractivity contribution < 1.29 is 14.3 Å². The van der Waals surface area contributed by atoms with Gasteiger partial charge in [0.25, 0.3) is 5.91 Å². The summed E-state index contributed by atoms with van der Waals surface area (Å²) in [4.78, 5) is 27.3. The number of benzene rings is 1.